The molecule has 1 heterocycles. The van der Waals surface area contributed by atoms with Gasteiger partial charge in [-0.05, 0) is 12.8 Å². The van der Waals surface area contributed by atoms with E-state index >= 15 is 0 Å². The van der Waals surface area contributed by atoms with Crippen molar-refractivity contribution < 1.29 is 9.32 Å². The first kappa shape index (κ1) is 8.29. The molecule has 4 nitrogen and oxygen atoms in total. The fraction of sp³-hybridized carbons (Fsp3) is 0.556. The van der Waals surface area contributed by atoms with E-state index in [0.717, 1.165) is 18.5 Å². The maximum atomic E-state index is 10.7. The SMILES string of the molecule is CC(=O)Nc1cc(C2(C)CC2)no1. The Morgan fingerprint density at radius 3 is 2.92 bits per heavy atom. The van der Waals surface area contributed by atoms with Crippen molar-refractivity contribution in [3.8, 4) is 0 Å². The topological polar surface area (TPSA) is 55.1 Å². The van der Waals surface area contributed by atoms with Gasteiger partial charge < -0.3 is 4.52 Å². The van der Waals surface area contributed by atoms with E-state index in [1.54, 1.807) is 6.07 Å². The molecule has 1 aliphatic rings. The van der Waals surface area contributed by atoms with E-state index in [2.05, 4.69) is 17.4 Å². The fourth-order valence-electron chi connectivity index (χ4n) is 1.24. The molecule has 1 aliphatic carbocycles. The summed E-state index contributed by atoms with van der Waals surface area (Å²) in [4.78, 5) is 10.7. The van der Waals surface area contributed by atoms with E-state index in [0.29, 0.717) is 5.88 Å². The van der Waals surface area contributed by atoms with Gasteiger partial charge in [-0.3, -0.25) is 10.1 Å². The van der Waals surface area contributed by atoms with Gasteiger partial charge in [0, 0.05) is 18.4 Å². The minimum Gasteiger partial charge on any atom is -0.338 e. The lowest BCUT2D eigenvalue weighted by atomic mass is 10.1. The highest BCUT2D eigenvalue weighted by atomic mass is 16.5. The number of amides is 1. The molecule has 0 atom stereocenters. The van der Waals surface area contributed by atoms with Crippen molar-refractivity contribution in [2.45, 2.75) is 32.1 Å². The fourth-order valence-corrected chi connectivity index (χ4v) is 1.24. The quantitative estimate of drug-likeness (QED) is 0.753. The van der Waals surface area contributed by atoms with Crippen LogP contribution in [0.2, 0.25) is 0 Å². The summed E-state index contributed by atoms with van der Waals surface area (Å²) in [6.45, 7) is 3.59. The number of hydrogen-bond donors (Lipinski definition) is 1. The van der Waals surface area contributed by atoms with Crippen LogP contribution in [0.3, 0.4) is 0 Å². The van der Waals surface area contributed by atoms with Crippen LogP contribution in [-0.2, 0) is 10.2 Å². The lowest BCUT2D eigenvalue weighted by molar-refractivity contribution is -0.114. The first-order chi connectivity index (χ1) is 6.10. The molecule has 0 saturated heterocycles. The summed E-state index contributed by atoms with van der Waals surface area (Å²) in [5.74, 6) is 0.305. The van der Waals surface area contributed by atoms with Crippen molar-refractivity contribution in [1.82, 2.24) is 5.16 Å². The molecule has 0 unspecified atom stereocenters. The van der Waals surface area contributed by atoms with Crippen LogP contribution in [0.5, 0.6) is 0 Å². The van der Waals surface area contributed by atoms with Crippen molar-refractivity contribution in [3.05, 3.63) is 11.8 Å². The highest BCUT2D eigenvalue weighted by molar-refractivity contribution is 5.87. The molecule has 1 saturated carbocycles. The Morgan fingerprint density at radius 1 is 1.69 bits per heavy atom. The zero-order valence-electron chi connectivity index (χ0n) is 7.76. The van der Waals surface area contributed by atoms with Gasteiger partial charge >= 0.3 is 0 Å². The molecule has 4 heteroatoms. The molecule has 0 aliphatic heterocycles. The van der Waals surface area contributed by atoms with E-state index in [-0.39, 0.29) is 11.3 Å². The third-order valence-electron chi connectivity index (χ3n) is 2.43. The predicted molar refractivity (Wildman–Crippen MR) is 47.4 cm³/mol. The summed E-state index contributed by atoms with van der Waals surface area (Å²) < 4.78 is 4.96. The average Bonchev–Trinajstić information content (AvgIpc) is 2.62. The van der Waals surface area contributed by atoms with Crippen molar-refractivity contribution in [2.75, 3.05) is 5.32 Å². The number of hydrogen-bond acceptors (Lipinski definition) is 3. The van der Waals surface area contributed by atoms with Crippen LogP contribution in [0.4, 0.5) is 5.88 Å². The Bertz CT molecular complexity index is 339. The maximum Gasteiger partial charge on any atom is 0.231 e. The lowest BCUT2D eigenvalue weighted by Crippen LogP contribution is -2.04. The smallest absolute Gasteiger partial charge is 0.231 e. The molecule has 0 radical (unpaired) electrons. The van der Waals surface area contributed by atoms with Crippen molar-refractivity contribution in [1.29, 1.82) is 0 Å². The summed E-state index contributed by atoms with van der Waals surface area (Å²) in [5.41, 5.74) is 1.14. The van der Waals surface area contributed by atoms with Gasteiger partial charge in [0.05, 0.1) is 5.69 Å². The standard InChI is InChI=1S/C9H12N2O2/c1-6(12)10-8-5-7(11-13-8)9(2)3-4-9/h5H,3-4H2,1-2H3,(H,10,12). The molecule has 1 fully saturated rings. The van der Waals surface area contributed by atoms with Crippen molar-refractivity contribution in [3.63, 3.8) is 0 Å². The van der Waals surface area contributed by atoms with Gasteiger partial charge in [-0.1, -0.05) is 12.1 Å². The molecule has 1 aromatic heterocycles. The van der Waals surface area contributed by atoms with Gasteiger partial charge in [0.1, 0.15) is 0 Å². The molecule has 1 amide bonds. The number of nitrogens with zero attached hydrogens (tertiary/aromatic N) is 1. The third-order valence-corrected chi connectivity index (χ3v) is 2.43. The molecular formula is C9H12N2O2. The minimum atomic E-state index is -0.136. The Kier molecular flexibility index (Phi) is 1.65. The summed E-state index contributed by atoms with van der Waals surface area (Å²) in [5, 5.41) is 6.47. The minimum absolute atomic E-state index is 0.136. The summed E-state index contributed by atoms with van der Waals surface area (Å²) in [6, 6.07) is 1.80. The van der Waals surface area contributed by atoms with Crippen LogP contribution >= 0.6 is 0 Å². The number of carbonyl (C=O) groups is 1. The van der Waals surface area contributed by atoms with Crippen LogP contribution in [0.25, 0.3) is 0 Å². The maximum absolute atomic E-state index is 10.7. The second-order valence-electron chi connectivity index (χ2n) is 3.82. The van der Waals surface area contributed by atoms with Crippen LogP contribution in [0.15, 0.2) is 10.6 Å². The number of aromatic nitrogens is 1. The molecule has 1 N–H and O–H groups in total. The summed E-state index contributed by atoms with van der Waals surface area (Å²) in [6.07, 6.45) is 2.30. The molecule has 2 rings (SSSR count). The number of carbonyl (C=O) groups excluding carboxylic acids is 1. The molecular weight excluding hydrogens is 168 g/mol. The van der Waals surface area contributed by atoms with E-state index in [1.807, 2.05) is 0 Å². The van der Waals surface area contributed by atoms with E-state index < -0.39 is 0 Å². The monoisotopic (exact) mass is 180 g/mol. The normalized spacial score (nSPS) is 18.3. The van der Waals surface area contributed by atoms with Crippen LogP contribution in [-0.4, -0.2) is 11.1 Å². The second kappa shape index (κ2) is 2.58. The molecule has 1 aromatic rings. The van der Waals surface area contributed by atoms with Crippen LogP contribution in [0, 0.1) is 0 Å². The lowest BCUT2D eigenvalue weighted by Gasteiger charge is -1.98. The summed E-state index contributed by atoms with van der Waals surface area (Å²) >= 11 is 0. The van der Waals surface area contributed by atoms with Crippen molar-refractivity contribution in [2.24, 2.45) is 0 Å². The first-order valence-corrected chi connectivity index (χ1v) is 4.35. The average molecular weight is 180 g/mol. The molecule has 0 spiro atoms. The van der Waals surface area contributed by atoms with Gasteiger partial charge in [-0.2, -0.15) is 0 Å². The highest BCUT2D eigenvalue weighted by Crippen LogP contribution is 2.47. The largest absolute Gasteiger partial charge is 0.338 e. The third kappa shape index (κ3) is 1.56. The van der Waals surface area contributed by atoms with Crippen LogP contribution in [0.1, 0.15) is 32.4 Å². The van der Waals surface area contributed by atoms with E-state index in [4.69, 9.17) is 4.52 Å². The van der Waals surface area contributed by atoms with E-state index in [1.165, 1.54) is 6.92 Å². The Balaban J connectivity index is 2.14. The van der Waals surface area contributed by atoms with Gasteiger partial charge in [0.2, 0.25) is 11.8 Å². The number of nitrogens with one attached hydrogen (secondary N) is 1. The molecule has 0 bridgehead atoms. The van der Waals surface area contributed by atoms with Gasteiger partial charge in [0.15, 0.2) is 0 Å². The Morgan fingerprint density at radius 2 is 2.38 bits per heavy atom. The predicted octanol–water partition coefficient (Wildman–Crippen LogP) is 1.68. The van der Waals surface area contributed by atoms with Gasteiger partial charge in [-0.25, -0.2) is 0 Å². The zero-order chi connectivity index (χ0) is 9.47. The molecule has 0 aromatic carbocycles. The van der Waals surface area contributed by atoms with E-state index in [9.17, 15) is 4.79 Å². The molecule has 13 heavy (non-hydrogen) atoms. The molecule has 70 valence electrons. The number of anilines is 1. The first-order valence-electron chi connectivity index (χ1n) is 4.35. The Hall–Kier alpha value is -1.32. The summed E-state index contributed by atoms with van der Waals surface area (Å²) in [7, 11) is 0. The zero-order valence-corrected chi connectivity index (χ0v) is 7.76. The highest BCUT2D eigenvalue weighted by Gasteiger charge is 2.42. The Labute approximate surface area is 76.3 Å². The van der Waals surface area contributed by atoms with Gasteiger partial charge in [0.25, 0.3) is 0 Å². The van der Waals surface area contributed by atoms with Crippen LogP contribution < -0.4 is 5.32 Å². The second-order valence-corrected chi connectivity index (χ2v) is 3.82. The number of rotatable bonds is 2. The van der Waals surface area contributed by atoms with Crippen molar-refractivity contribution >= 4 is 11.8 Å². The van der Waals surface area contributed by atoms with Gasteiger partial charge in [-0.15, -0.1) is 0 Å².